The van der Waals surface area contributed by atoms with Crippen LogP contribution in [0.3, 0.4) is 0 Å². The molecule has 4 heterocycles. The van der Waals surface area contributed by atoms with Crippen LogP contribution in [0.1, 0.15) is 63.6 Å². The molecular formula is C38H49F3N6O6. The van der Waals surface area contributed by atoms with E-state index in [0.717, 1.165) is 60.6 Å². The lowest BCUT2D eigenvalue weighted by Gasteiger charge is -2.39. The number of piperazine rings is 1. The summed E-state index contributed by atoms with van der Waals surface area (Å²) in [6.07, 6.45) is -3.11. The Morgan fingerprint density at radius 3 is 2.08 bits per heavy atom. The second-order valence-corrected chi connectivity index (χ2v) is 15.4. The smallest absolute Gasteiger partial charge is 0.410 e. The minimum absolute atomic E-state index is 0.0106. The minimum Gasteiger partial charge on any atom is -0.497 e. The lowest BCUT2D eigenvalue weighted by Crippen LogP contribution is -2.49. The fourth-order valence-electron chi connectivity index (χ4n) is 7.58. The lowest BCUT2D eigenvalue weighted by atomic mass is 9.96. The van der Waals surface area contributed by atoms with Gasteiger partial charge in [0.25, 0.3) is 5.91 Å². The van der Waals surface area contributed by atoms with Crippen LogP contribution >= 0.6 is 0 Å². The number of aromatic nitrogens is 2. The van der Waals surface area contributed by atoms with Gasteiger partial charge in [-0.15, -0.1) is 0 Å². The van der Waals surface area contributed by atoms with Gasteiger partial charge in [-0.1, -0.05) is 18.2 Å². The molecule has 12 nitrogen and oxygen atoms in total. The predicted octanol–water partition coefficient (Wildman–Crippen LogP) is 5.03. The molecule has 3 saturated heterocycles. The maximum absolute atomic E-state index is 13.8. The molecule has 0 saturated carbocycles. The average Bonchev–Trinajstić information content (AvgIpc) is 3.36. The standard InChI is InChI=1S/C38H49F3N6O6/c1-37(2,3)53-36(51)44-15-13-27(14-16-44)22-42-17-19-43(20-18-42)23-28-7-10-30-32(21-28)46(25-38(39,40)41)35(50)47(30)31-11-12-33(48)45(34(31)49)24-26-5-8-29(52-4)9-6-26/h5-10,21,27,31H,11-20,22-25H2,1-4H3. The normalized spacial score (nSPS) is 20.0. The Kier molecular flexibility index (Phi) is 11.2. The molecule has 3 fully saturated rings. The van der Waals surface area contributed by atoms with Gasteiger partial charge in [0.15, 0.2) is 0 Å². The van der Waals surface area contributed by atoms with Crippen molar-refractivity contribution < 1.29 is 37.0 Å². The second-order valence-electron chi connectivity index (χ2n) is 15.4. The number of alkyl halides is 3. The third-order valence-corrected chi connectivity index (χ3v) is 10.3. The number of nitrogens with zero attached hydrogens (tertiary/aromatic N) is 6. The monoisotopic (exact) mass is 742 g/mol. The molecular weight excluding hydrogens is 693 g/mol. The van der Waals surface area contributed by atoms with E-state index in [2.05, 4.69) is 9.80 Å². The Bertz CT molecular complexity index is 1850. The van der Waals surface area contributed by atoms with Gasteiger partial charge in [0.1, 0.15) is 23.9 Å². The zero-order valence-corrected chi connectivity index (χ0v) is 30.9. The van der Waals surface area contributed by atoms with Gasteiger partial charge in [-0.25, -0.2) is 9.59 Å². The van der Waals surface area contributed by atoms with Crippen LogP contribution in [0.25, 0.3) is 11.0 Å². The molecule has 1 aromatic heterocycles. The number of imide groups is 1. The van der Waals surface area contributed by atoms with E-state index < -0.39 is 41.9 Å². The van der Waals surface area contributed by atoms with E-state index >= 15 is 0 Å². The topological polar surface area (TPSA) is 110 Å². The van der Waals surface area contributed by atoms with Crippen molar-refractivity contribution in [2.75, 3.05) is 52.9 Å². The number of hydrogen-bond acceptors (Lipinski definition) is 8. The van der Waals surface area contributed by atoms with Gasteiger partial charge in [-0.3, -0.25) is 28.5 Å². The summed E-state index contributed by atoms with van der Waals surface area (Å²) < 4.78 is 54.1. The molecule has 2 aromatic carbocycles. The molecule has 1 unspecified atom stereocenters. The number of rotatable bonds is 9. The van der Waals surface area contributed by atoms with Gasteiger partial charge in [0, 0.05) is 58.8 Å². The number of benzene rings is 2. The minimum atomic E-state index is -4.67. The Labute approximate surface area is 307 Å². The van der Waals surface area contributed by atoms with E-state index in [4.69, 9.17) is 9.47 Å². The molecule has 288 valence electrons. The third kappa shape index (κ3) is 9.23. The van der Waals surface area contributed by atoms with Crippen LogP contribution in [0.4, 0.5) is 18.0 Å². The van der Waals surface area contributed by atoms with Crippen molar-refractivity contribution in [1.82, 2.24) is 28.7 Å². The maximum atomic E-state index is 13.8. The first-order chi connectivity index (χ1) is 25.1. The number of ether oxygens (including phenoxy) is 2. The van der Waals surface area contributed by atoms with Crippen LogP contribution < -0.4 is 10.4 Å². The summed E-state index contributed by atoms with van der Waals surface area (Å²) in [5.41, 5.74) is 0.311. The summed E-state index contributed by atoms with van der Waals surface area (Å²) in [7, 11) is 1.53. The first-order valence-corrected chi connectivity index (χ1v) is 18.3. The van der Waals surface area contributed by atoms with Crippen LogP contribution in [0.15, 0.2) is 47.3 Å². The number of fused-ring (bicyclic) bond motifs is 1. The number of amides is 3. The van der Waals surface area contributed by atoms with E-state index in [9.17, 15) is 32.3 Å². The Hall–Kier alpha value is -4.37. The second kappa shape index (κ2) is 15.5. The molecule has 0 N–H and O–H groups in total. The number of carbonyl (C=O) groups excluding carboxylic acids is 3. The fraction of sp³-hybridized carbons (Fsp3) is 0.579. The van der Waals surface area contributed by atoms with Crippen molar-refractivity contribution in [2.45, 2.75) is 83.9 Å². The fourth-order valence-corrected chi connectivity index (χ4v) is 7.58. The van der Waals surface area contributed by atoms with Crippen LogP contribution in [0.2, 0.25) is 0 Å². The molecule has 3 aliphatic heterocycles. The molecule has 3 aliphatic rings. The van der Waals surface area contributed by atoms with E-state index in [1.807, 2.05) is 20.8 Å². The molecule has 3 aromatic rings. The highest BCUT2D eigenvalue weighted by molar-refractivity contribution is 6.00. The molecule has 0 bridgehead atoms. The molecule has 6 rings (SSSR count). The van der Waals surface area contributed by atoms with E-state index in [1.54, 1.807) is 47.4 Å². The van der Waals surface area contributed by atoms with Gasteiger partial charge < -0.3 is 19.3 Å². The third-order valence-electron chi connectivity index (χ3n) is 10.3. The van der Waals surface area contributed by atoms with Gasteiger partial charge in [-0.05, 0) is 81.3 Å². The van der Waals surface area contributed by atoms with E-state index in [0.29, 0.717) is 41.4 Å². The van der Waals surface area contributed by atoms with E-state index in [-0.39, 0.29) is 36.5 Å². The molecule has 0 aliphatic carbocycles. The van der Waals surface area contributed by atoms with Crippen LogP contribution in [-0.4, -0.2) is 111 Å². The highest BCUT2D eigenvalue weighted by Gasteiger charge is 2.39. The van der Waals surface area contributed by atoms with Crippen molar-refractivity contribution >= 4 is 28.9 Å². The van der Waals surface area contributed by atoms with Gasteiger partial charge in [-0.2, -0.15) is 13.2 Å². The number of carbonyl (C=O) groups is 3. The first kappa shape index (κ1) is 38.4. The van der Waals surface area contributed by atoms with Gasteiger partial charge >= 0.3 is 18.0 Å². The summed E-state index contributed by atoms with van der Waals surface area (Å²) in [6, 6.07) is 10.8. The average molecular weight is 743 g/mol. The SMILES string of the molecule is COc1ccc(CN2C(=O)CCC(n3c(=O)n(CC(F)(F)F)c4cc(CN5CCN(CC6CCN(C(=O)OC(C)(C)C)CC6)CC5)ccc43)C2=O)cc1. The number of hydrogen-bond donors (Lipinski definition) is 0. The summed E-state index contributed by atoms with van der Waals surface area (Å²) in [6.45, 7) is 10.1. The highest BCUT2D eigenvalue weighted by atomic mass is 19.4. The largest absolute Gasteiger partial charge is 0.497 e. The molecule has 0 radical (unpaired) electrons. The van der Waals surface area contributed by atoms with Crippen molar-refractivity contribution in [3.05, 3.63) is 64.1 Å². The number of likely N-dealkylation sites (tertiary alicyclic amines) is 2. The molecule has 1 atom stereocenters. The van der Waals surface area contributed by atoms with Crippen LogP contribution in [-0.2, 0) is 34.0 Å². The Morgan fingerprint density at radius 1 is 0.811 bits per heavy atom. The van der Waals surface area contributed by atoms with E-state index in [1.165, 1.54) is 7.11 Å². The van der Waals surface area contributed by atoms with Gasteiger partial charge in [0.05, 0.1) is 24.7 Å². The summed E-state index contributed by atoms with van der Waals surface area (Å²) >= 11 is 0. The van der Waals surface area contributed by atoms with Crippen molar-refractivity contribution in [3.63, 3.8) is 0 Å². The summed E-state index contributed by atoms with van der Waals surface area (Å²) in [5.74, 6) is 0.0700. The summed E-state index contributed by atoms with van der Waals surface area (Å²) in [4.78, 5) is 60.4. The molecule has 3 amide bonds. The van der Waals surface area contributed by atoms with Gasteiger partial charge in [0.2, 0.25) is 5.91 Å². The van der Waals surface area contributed by atoms with Crippen LogP contribution in [0, 0.1) is 5.92 Å². The number of methoxy groups -OCH3 is 1. The van der Waals surface area contributed by atoms with Crippen molar-refractivity contribution in [3.8, 4) is 5.75 Å². The highest BCUT2D eigenvalue weighted by Crippen LogP contribution is 2.30. The van der Waals surface area contributed by atoms with Crippen molar-refractivity contribution in [1.29, 1.82) is 0 Å². The Balaban J connectivity index is 1.12. The quantitative estimate of drug-likeness (QED) is 0.281. The summed E-state index contributed by atoms with van der Waals surface area (Å²) in [5, 5.41) is 0. The number of halogens is 3. The molecule has 15 heteroatoms. The lowest BCUT2D eigenvalue weighted by molar-refractivity contribution is -0.151. The first-order valence-electron chi connectivity index (χ1n) is 18.3. The predicted molar refractivity (Wildman–Crippen MR) is 191 cm³/mol. The zero-order chi connectivity index (χ0) is 38.1. The van der Waals surface area contributed by atoms with Crippen LogP contribution in [0.5, 0.6) is 5.75 Å². The zero-order valence-electron chi connectivity index (χ0n) is 30.9. The molecule has 0 spiro atoms. The number of imidazole rings is 1. The molecule has 53 heavy (non-hydrogen) atoms. The van der Waals surface area contributed by atoms with Crippen molar-refractivity contribution in [2.24, 2.45) is 5.92 Å². The number of piperidine rings is 2. The Morgan fingerprint density at radius 2 is 1.45 bits per heavy atom. The maximum Gasteiger partial charge on any atom is 0.410 e.